The Kier molecular flexibility index (Phi) is 4.13. The third-order valence-corrected chi connectivity index (χ3v) is 4.40. The fourth-order valence-electron chi connectivity index (χ4n) is 2.72. The van der Waals surface area contributed by atoms with Gasteiger partial charge in [-0.2, -0.15) is 0 Å². The number of aromatic nitrogens is 4. The second-order valence-corrected chi connectivity index (χ2v) is 6.57. The molecule has 0 aliphatic carbocycles. The number of hydrogen-bond donors (Lipinski definition) is 0. The molecule has 6 nitrogen and oxygen atoms in total. The Balaban J connectivity index is 2.17. The third-order valence-electron chi connectivity index (χ3n) is 4.40. The fourth-order valence-corrected chi connectivity index (χ4v) is 2.72. The van der Waals surface area contributed by atoms with E-state index >= 15 is 0 Å². The van der Waals surface area contributed by atoms with Gasteiger partial charge in [0, 0.05) is 18.9 Å². The monoisotopic (exact) mass is 326 g/mol. The summed E-state index contributed by atoms with van der Waals surface area (Å²) in [6, 6.07) is 5.82. The van der Waals surface area contributed by atoms with Crippen LogP contribution in [0.25, 0.3) is 11.3 Å². The van der Waals surface area contributed by atoms with Gasteiger partial charge in [-0.3, -0.25) is 9.36 Å². The lowest BCUT2D eigenvalue weighted by Crippen LogP contribution is -2.24. The lowest BCUT2D eigenvalue weighted by atomic mass is 10.1. The van der Waals surface area contributed by atoms with E-state index in [4.69, 9.17) is 0 Å². The highest BCUT2D eigenvalue weighted by Gasteiger charge is 2.14. The van der Waals surface area contributed by atoms with Gasteiger partial charge in [-0.05, 0) is 43.4 Å². The Bertz CT molecular complexity index is 1010. The van der Waals surface area contributed by atoms with Crippen LogP contribution in [0.4, 0.5) is 0 Å². The lowest BCUT2D eigenvalue weighted by molar-refractivity contribution is 0.478. The molecule has 24 heavy (non-hydrogen) atoms. The van der Waals surface area contributed by atoms with Gasteiger partial charge in [-0.1, -0.05) is 26.0 Å². The molecule has 126 valence electrons. The van der Waals surface area contributed by atoms with E-state index in [9.17, 15) is 9.59 Å². The Hall–Kier alpha value is -2.63. The van der Waals surface area contributed by atoms with E-state index in [0.29, 0.717) is 12.5 Å². The number of nitrogens with zero attached hydrogens (tertiary/aromatic N) is 4. The molecule has 2 heterocycles. The maximum absolute atomic E-state index is 12.8. The molecule has 0 aliphatic rings. The molecule has 0 saturated heterocycles. The van der Waals surface area contributed by atoms with E-state index in [2.05, 4.69) is 18.9 Å². The normalized spacial score (nSPS) is 11.5. The predicted octanol–water partition coefficient (Wildman–Crippen LogP) is 2.31. The molecule has 6 heteroatoms. The molecule has 3 rings (SSSR count). The minimum atomic E-state index is -0.286. The van der Waals surface area contributed by atoms with Crippen LogP contribution in [-0.2, 0) is 6.54 Å². The van der Waals surface area contributed by atoms with E-state index in [1.807, 2.05) is 32.0 Å². The van der Waals surface area contributed by atoms with Crippen molar-refractivity contribution in [3.05, 3.63) is 62.6 Å². The summed E-state index contributed by atoms with van der Waals surface area (Å²) in [5.41, 5.74) is 2.56. The van der Waals surface area contributed by atoms with E-state index < -0.39 is 0 Å². The topological polar surface area (TPSA) is 61.3 Å². The smallest absolute Gasteiger partial charge is 0.279 e. The molecular weight excluding hydrogens is 304 g/mol. The molecular formula is C18H22N4O2. The summed E-state index contributed by atoms with van der Waals surface area (Å²) in [5.74, 6) is 0.466. The lowest BCUT2D eigenvalue weighted by Gasteiger charge is -2.10. The number of hydrogen-bond acceptors (Lipinski definition) is 3. The number of fused-ring (bicyclic) bond motifs is 1. The standard InChI is InChI=1S/C18H22N4O2/c1-12(2)8-9-22-18(24)21-11-10-20(17(23)16(21)19-22)15-7-5-6-13(3)14(15)4/h5-7,10-12H,8-9H2,1-4H3. The van der Waals surface area contributed by atoms with Crippen molar-refractivity contribution in [1.29, 1.82) is 0 Å². The summed E-state index contributed by atoms with van der Waals surface area (Å²) in [6.07, 6.45) is 4.08. The summed E-state index contributed by atoms with van der Waals surface area (Å²) in [6.45, 7) is 8.69. The zero-order valence-corrected chi connectivity index (χ0v) is 14.5. The molecule has 0 amide bonds. The first-order chi connectivity index (χ1) is 11.4. The molecule has 0 atom stereocenters. The van der Waals surface area contributed by atoms with Gasteiger partial charge in [0.2, 0.25) is 5.65 Å². The van der Waals surface area contributed by atoms with Crippen molar-refractivity contribution in [3.8, 4) is 5.69 Å². The van der Waals surface area contributed by atoms with Crippen molar-refractivity contribution >= 4 is 5.65 Å². The summed E-state index contributed by atoms with van der Waals surface area (Å²) < 4.78 is 4.26. The molecule has 0 aliphatic heterocycles. The van der Waals surface area contributed by atoms with Gasteiger partial charge in [-0.25, -0.2) is 13.9 Å². The second-order valence-electron chi connectivity index (χ2n) is 6.57. The first-order valence-corrected chi connectivity index (χ1v) is 8.17. The van der Waals surface area contributed by atoms with Crippen LogP contribution in [0.15, 0.2) is 40.2 Å². The molecule has 0 spiro atoms. The Labute approximate surface area is 140 Å². The SMILES string of the molecule is Cc1cccc(-n2ccn3c(=O)n(CCC(C)C)nc3c2=O)c1C. The van der Waals surface area contributed by atoms with Crippen LogP contribution in [-0.4, -0.2) is 18.7 Å². The van der Waals surface area contributed by atoms with Crippen molar-refractivity contribution in [2.24, 2.45) is 5.92 Å². The molecule has 0 bridgehead atoms. The van der Waals surface area contributed by atoms with Gasteiger partial charge in [0.1, 0.15) is 0 Å². The number of benzene rings is 1. The van der Waals surface area contributed by atoms with Crippen molar-refractivity contribution in [1.82, 2.24) is 18.7 Å². The van der Waals surface area contributed by atoms with Crippen molar-refractivity contribution in [3.63, 3.8) is 0 Å². The molecule has 0 saturated carbocycles. The number of aryl methyl sites for hydroxylation is 2. The summed E-state index contributed by atoms with van der Waals surface area (Å²) in [7, 11) is 0. The number of rotatable bonds is 4. The van der Waals surface area contributed by atoms with Crippen LogP contribution in [0.1, 0.15) is 31.4 Å². The Morgan fingerprint density at radius 3 is 2.58 bits per heavy atom. The van der Waals surface area contributed by atoms with Gasteiger partial charge >= 0.3 is 11.2 Å². The van der Waals surface area contributed by atoms with Crippen molar-refractivity contribution in [2.45, 2.75) is 40.7 Å². The van der Waals surface area contributed by atoms with Crippen LogP contribution in [0.5, 0.6) is 0 Å². The van der Waals surface area contributed by atoms with Gasteiger partial charge < -0.3 is 0 Å². The predicted molar refractivity (Wildman–Crippen MR) is 94.0 cm³/mol. The van der Waals surface area contributed by atoms with Gasteiger partial charge in [0.05, 0.1) is 5.69 Å². The van der Waals surface area contributed by atoms with Crippen LogP contribution in [0.3, 0.4) is 0 Å². The fraction of sp³-hybridized carbons (Fsp3) is 0.389. The minimum Gasteiger partial charge on any atom is -0.279 e. The summed E-state index contributed by atoms with van der Waals surface area (Å²) in [4.78, 5) is 25.2. The average Bonchev–Trinajstić information content (AvgIpc) is 2.86. The highest BCUT2D eigenvalue weighted by molar-refractivity contribution is 5.47. The van der Waals surface area contributed by atoms with Crippen LogP contribution in [0, 0.1) is 19.8 Å². The minimum absolute atomic E-state index is 0.159. The third kappa shape index (κ3) is 2.68. The first kappa shape index (κ1) is 16.2. The largest absolute Gasteiger partial charge is 0.350 e. The van der Waals surface area contributed by atoms with E-state index in [0.717, 1.165) is 23.2 Å². The molecule has 0 N–H and O–H groups in total. The summed E-state index contributed by atoms with van der Waals surface area (Å²) in [5, 5.41) is 4.26. The van der Waals surface area contributed by atoms with E-state index in [-0.39, 0.29) is 16.9 Å². The van der Waals surface area contributed by atoms with Crippen molar-refractivity contribution in [2.75, 3.05) is 0 Å². The summed E-state index contributed by atoms with van der Waals surface area (Å²) >= 11 is 0. The van der Waals surface area contributed by atoms with Crippen molar-refractivity contribution < 1.29 is 0 Å². The van der Waals surface area contributed by atoms with E-state index in [1.165, 1.54) is 9.08 Å². The molecule has 0 fully saturated rings. The molecule has 2 aromatic heterocycles. The Morgan fingerprint density at radius 1 is 1.12 bits per heavy atom. The molecule has 1 aromatic carbocycles. The quantitative estimate of drug-likeness (QED) is 0.739. The van der Waals surface area contributed by atoms with Gasteiger partial charge in [0.25, 0.3) is 0 Å². The second kappa shape index (κ2) is 6.11. The van der Waals surface area contributed by atoms with Gasteiger partial charge in [0.15, 0.2) is 0 Å². The van der Waals surface area contributed by atoms with E-state index in [1.54, 1.807) is 17.0 Å². The Morgan fingerprint density at radius 2 is 1.88 bits per heavy atom. The van der Waals surface area contributed by atoms with Crippen LogP contribution < -0.4 is 11.2 Å². The zero-order valence-electron chi connectivity index (χ0n) is 14.5. The molecule has 0 unspecified atom stereocenters. The maximum atomic E-state index is 12.8. The molecule has 3 aromatic rings. The first-order valence-electron chi connectivity index (χ1n) is 8.17. The highest BCUT2D eigenvalue weighted by atomic mass is 16.2. The average molecular weight is 326 g/mol. The zero-order chi connectivity index (χ0) is 17.4. The van der Waals surface area contributed by atoms with Gasteiger partial charge in [-0.15, -0.1) is 5.10 Å². The maximum Gasteiger partial charge on any atom is 0.350 e. The highest BCUT2D eigenvalue weighted by Crippen LogP contribution is 2.15. The molecule has 0 radical (unpaired) electrons. The van der Waals surface area contributed by atoms with Crippen LogP contribution >= 0.6 is 0 Å². The van der Waals surface area contributed by atoms with Crippen LogP contribution in [0.2, 0.25) is 0 Å².